The first-order valence-electron chi connectivity index (χ1n) is 13.6. The zero-order valence-electron chi connectivity index (χ0n) is 23.9. The third kappa shape index (κ3) is 7.97. The predicted octanol–water partition coefficient (Wildman–Crippen LogP) is 4.14. The van der Waals surface area contributed by atoms with Crippen molar-refractivity contribution in [2.45, 2.75) is 71.4 Å². The summed E-state index contributed by atoms with van der Waals surface area (Å²) in [7, 11) is 4.48. The van der Waals surface area contributed by atoms with Crippen LogP contribution in [0.25, 0.3) is 11.3 Å². The van der Waals surface area contributed by atoms with Gasteiger partial charge in [-0.25, -0.2) is 0 Å². The topological polar surface area (TPSA) is 121 Å². The summed E-state index contributed by atoms with van der Waals surface area (Å²) >= 11 is 0. The zero-order chi connectivity index (χ0) is 28.5. The lowest BCUT2D eigenvalue weighted by atomic mass is 9.87. The van der Waals surface area contributed by atoms with Crippen LogP contribution >= 0.6 is 0 Å². The van der Waals surface area contributed by atoms with Gasteiger partial charge in [0.15, 0.2) is 5.69 Å². The van der Waals surface area contributed by atoms with Crippen molar-refractivity contribution < 1.29 is 28.6 Å². The average Bonchev–Trinajstić information content (AvgIpc) is 3.36. The van der Waals surface area contributed by atoms with Crippen LogP contribution in [0.3, 0.4) is 0 Å². The lowest BCUT2D eigenvalue weighted by molar-refractivity contribution is -0.141. The molecule has 1 saturated carbocycles. The second-order valence-electron chi connectivity index (χ2n) is 10.7. The molecule has 1 aromatic heterocycles. The average molecular weight is 543 g/mol. The van der Waals surface area contributed by atoms with E-state index in [0.717, 1.165) is 30.5 Å². The lowest BCUT2D eigenvalue weighted by Gasteiger charge is -2.28. The summed E-state index contributed by atoms with van der Waals surface area (Å²) in [5.74, 6) is 0.814. The Bertz CT molecular complexity index is 1120. The number of benzene rings is 1. The van der Waals surface area contributed by atoms with Gasteiger partial charge in [-0.3, -0.25) is 19.1 Å². The van der Waals surface area contributed by atoms with Crippen LogP contribution in [0.2, 0.25) is 0 Å². The molecule has 0 bridgehead atoms. The molecule has 2 aromatic rings. The van der Waals surface area contributed by atoms with Crippen molar-refractivity contribution in [3.05, 3.63) is 30.0 Å². The quantitative estimate of drug-likeness (QED) is 0.387. The summed E-state index contributed by atoms with van der Waals surface area (Å²) < 4.78 is 17.9. The van der Waals surface area contributed by atoms with Gasteiger partial charge in [0.2, 0.25) is 5.91 Å². The van der Waals surface area contributed by atoms with E-state index < -0.39 is 12.0 Å². The number of nitrogens with one attached hydrogen (secondary N) is 2. The molecule has 0 saturated heterocycles. The summed E-state index contributed by atoms with van der Waals surface area (Å²) in [5, 5.41) is 10.4. The van der Waals surface area contributed by atoms with Crippen molar-refractivity contribution in [3.63, 3.8) is 0 Å². The summed E-state index contributed by atoms with van der Waals surface area (Å²) in [6.07, 6.45) is 4.82. The minimum atomic E-state index is -0.533. The monoisotopic (exact) mass is 542 g/mol. The first-order chi connectivity index (χ1) is 18.7. The number of amides is 2. The van der Waals surface area contributed by atoms with Crippen LogP contribution in [0.15, 0.2) is 24.3 Å². The van der Waals surface area contributed by atoms with Gasteiger partial charge in [-0.1, -0.05) is 39.7 Å². The number of ether oxygens (including phenoxy) is 3. The number of rotatable bonds is 12. The van der Waals surface area contributed by atoms with E-state index in [2.05, 4.69) is 22.3 Å². The van der Waals surface area contributed by atoms with Gasteiger partial charge in [-0.15, -0.1) is 0 Å². The van der Waals surface area contributed by atoms with Crippen LogP contribution in [-0.4, -0.2) is 61.5 Å². The Morgan fingerprint density at radius 3 is 2.38 bits per heavy atom. The number of carbonyl (C=O) groups is 3. The summed E-state index contributed by atoms with van der Waals surface area (Å²) in [5.41, 5.74) is 1.76. The maximum atomic E-state index is 13.5. The number of hydrogen-bond acceptors (Lipinski definition) is 7. The molecule has 10 nitrogen and oxygen atoms in total. The van der Waals surface area contributed by atoms with E-state index in [0.29, 0.717) is 23.8 Å². The molecule has 1 aliphatic carbocycles. The molecule has 214 valence electrons. The molecule has 2 unspecified atom stereocenters. The Kier molecular flexibility index (Phi) is 10.8. The van der Waals surface area contributed by atoms with Gasteiger partial charge in [0.25, 0.3) is 5.91 Å². The number of aromatic nitrogens is 2. The van der Waals surface area contributed by atoms with Crippen molar-refractivity contribution in [2.24, 2.45) is 11.8 Å². The van der Waals surface area contributed by atoms with Gasteiger partial charge in [-0.2, -0.15) is 5.10 Å². The molecular weight excluding hydrogens is 500 g/mol. The molecule has 39 heavy (non-hydrogen) atoms. The van der Waals surface area contributed by atoms with E-state index in [9.17, 15) is 14.4 Å². The molecule has 3 atom stereocenters. The normalized spacial score (nSPS) is 17.8. The van der Waals surface area contributed by atoms with Gasteiger partial charge in [-0.05, 0) is 49.3 Å². The van der Waals surface area contributed by atoms with Gasteiger partial charge in [0, 0.05) is 12.5 Å². The standard InChI is InChI=1S/C29H42N4O6/c1-18(2)13-20(15-26(34)30-17-27(35)39-6)31-29(36)22-16-23(28-24(37-4)11-8-12-25(28)38-5)33(32-22)21-10-7-9-19(3)14-21/h8,11-12,16,18-21H,7,9-10,13-15,17H2,1-6H3,(H,30,34)(H,31,36)/t19?,20-,21?/m0/s1. The number of nitrogens with zero attached hydrogens (tertiary/aromatic N) is 2. The molecule has 1 aromatic carbocycles. The van der Waals surface area contributed by atoms with E-state index in [1.54, 1.807) is 20.3 Å². The fourth-order valence-corrected chi connectivity index (χ4v) is 5.26. The maximum absolute atomic E-state index is 13.5. The van der Waals surface area contributed by atoms with Crippen LogP contribution in [0.5, 0.6) is 11.5 Å². The van der Waals surface area contributed by atoms with Gasteiger partial charge in [0.05, 0.1) is 38.6 Å². The number of carbonyl (C=O) groups excluding carboxylic acids is 3. The predicted molar refractivity (Wildman–Crippen MR) is 148 cm³/mol. The van der Waals surface area contributed by atoms with Crippen molar-refractivity contribution in [2.75, 3.05) is 27.9 Å². The number of methoxy groups -OCH3 is 3. The Balaban J connectivity index is 1.93. The maximum Gasteiger partial charge on any atom is 0.325 e. The zero-order valence-corrected chi connectivity index (χ0v) is 23.9. The summed E-state index contributed by atoms with van der Waals surface area (Å²) in [6.45, 7) is 6.08. The van der Waals surface area contributed by atoms with Crippen molar-refractivity contribution in [3.8, 4) is 22.8 Å². The van der Waals surface area contributed by atoms with Crippen LogP contribution < -0.4 is 20.1 Å². The van der Waals surface area contributed by atoms with Gasteiger partial charge >= 0.3 is 5.97 Å². The van der Waals surface area contributed by atoms with E-state index in [1.165, 1.54) is 13.5 Å². The molecule has 3 rings (SSSR count). The van der Waals surface area contributed by atoms with E-state index in [4.69, 9.17) is 14.6 Å². The minimum absolute atomic E-state index is 0.0367. The molecule has 0 radical (unpaired) electrons. The second kappa shape index (κ2) is 14.0. The van der Waals surface area contributed by atoms with Gasteiger partial charge in [0.1, 0.15) is 18.0 Å². The lowest BCUT2D eigenvalue weighted by Crippen LogP contribution is -2.41. The second-order valence-corrected chi connectivity index (χ2v) is 10.7. The fraction of sp³-hybridized carbons (Fsp3) is 0.586. The summed E-state index contributed by atoms with van der Waals surface area (Å²) in [4.78, 5) is 37.4. The van der Waals surface area contributed by atoms with Crippen molar-refractivity contribution in [1.82, 2.24) is 20.4 Å². The number of esters is 1. The van der Waals surface area contributed by atoms with Crippen LogP contribution in [-0.2, 0) is 14.3 Å². The van der Waals surface area contributed by atoms with Crippen molar-refractivity contribution >= 4 is 17.8 Å². The Morgan fingerprint density at radius 1 is 1.10 bits per heavy atom. The molecule has 1 fully saturated rings. The number of hydrogen-bond donors (Lipinski definition) is 2. The third-order valence-electron chi connectivity index (χ3n) is 7.09. The van der Waals surface area contributed by atoms with Gasteiger partial charge < -0.3 is 24.8 Å². The molecule has 2 N–H and O–H groups in total. The highest BCUT2D eigenvalue weighted by atomic mass is 16.5. The SMILES string of the molecule is COC(=O)CNC(=O)C[C@H](CC(C)C)NC(=O)c1cc(-c2c(OC)cccc2OC)n(C2CCCC(C)C2)n1. The summed E-state index contributed by atoms with van der Waals surface area (Å²) in [6, 6.07) is 7.07. The third-order valence-corrected chi connectivity index (χ3v) is 7.09. The van der Waals surface area contributed by atoms with Crippen LogP contribution in [0.4, 0.5) is 0 Å². The van der Waals surface area contributed by atoms with Crippen LogP contribution in [0.1, 0.15) is 75.8 Å². The molecule has 1 heterocycles. The van der Waals surface area contributed by atoms with Crippen LogP contribution in [0, 0.1) is 11.8 Å². The highest BCUT2D eigenvalue weighted by Gasteiger charge is 2.29. The smallest absolute Gasteiger partial charge is 0.325 e. The first-order valence-corrected chi connectivity index (χ1v) is 13.6. The highest BCUT2D eigenvalue weighted by Crippen LogP contribution is 2.42. The molecule has 1 aliphatic rings. The molecule has 0 spiro atoms. The van der Waals surface area contributed by atoms with Crippen molar-refractivity contribution in [1.29, 1.82) is 0 Å². The van der Waals surface area contributed by atoms with E-state index >= 15 is 0 Å². The van der Waals surface area contributed by atoms with E-state index in [-0.39, 0.29) is 42.4 Å². The Hall–Kier alpha value is -3.56. The molecule has 0 aliphatic heterocycles. The minimum Gasteiger partial charge on any atom is -0.496 e. The largest absolute Gasteiger partial charge is 0.496 e. The Morgan fingerprint density at radius 2 is 1.79 bits per heavy atom. The molecule has 10 heteroatoms. The molecule has 2 amide bonds. The highest BCUT2D eigenvalue weighted by molar-refractivity contribution is 5.94. The fourth-order valence-electron chi connectivity index (χ4n) is 5.26. The molecular formula is C29H42N4O6. The first kappa shape index (κ1) is 30.0. The van der Waals surface area contributed by atoms with E-state index in [1.807, 2.05) is 36.7 Å². The Labute approximate surface area is 230 Å².